The molecule has 4 N–H and O–H groups in total. The van der Waals surface area contributed by atoms with Crippen LogP contribution in [0.15, 0.2) is 18.2 Å². The molecule has 0 aliphatic rings. The average Bonchev–Trinajstić information content (AvgIpc) is 2.33. The number of halogens is 4. The number of nitrogens with one attached hydrogen (secondary N) is 2. The third-order valence-corrected chi connectivity index (χ3v) is 2.49. The van der Waals surface area contributed by atoms with Gasteiger partial charge in [-0.1, -0.05) is 11.6 Å². The van der Waals surface area contributed by atoms with E-state index < -0.39 is 36.4 Å². The summed E-state index contributed by atoms with van der Waals surface area (Å²) in [7, 11) is 0. The topological polar surface area (TPSA) is 98.7 Å². The Morgan fingerprint density at radius 2 is 1.90 bits per heavy atom. The molecular formula is C11H10ClF3N2O4. The Morgan fingerprint density at radius 1 is 1.29 bits per heavy atom. The lowest BCUT2D eigenvalue weighted by molar-refractivity contribution is -0.140. The maximum atomic E-state index is 12.6. The molecule has 0 aliphatic heterocycles. The molecule has 21 heavy (non-hydrogen) atoms. The van der Waals surface area contributed by atoms with Crippen molar-refractivity contribution >= 4 is 29.3 Å². The van der Waals surface area contributed by atoms with Gasteiger partial charge in [-0.3, -0.25) is 0 Å². The van der Waals surface area contributed by atoms with Gasteiger partial charge in [0.25, 0.3) is 0 Å². The number of amides is 2. The predicted molar refractivity (Wildman–Crippen MR) is 67.1 cm³/mol. The van der Waals surface area contributed by atoms with E-state index in [9.17, 15) is 22.8 Å². The summed E-state index contributed by atoms with van der Waals surface area (Å²) in [6, 6.07) is -0.290. The molecule has 0 radical (unpaired) electrons. The number of rotatable bonds is 4. The Hall–Kier alpha value is -2.00. The van der Waals surface area contributed by atoms with Crippen LogP contribution in [0.5, 0.6) is 0 Å². The SMILES string of the molecule is O=C(Nc1cc(Cl)cc(C(F)(F)F)c1)NC(CO)C(=O)O. The van der Waals surface area contributed by atoms with Gasteiger partial charge in [0.15, 0.2) is 6.04 Å². The maximum absolute atomic E-state index is 12.6. The fraction of sp³-hybridized carbons (Fsp3) is 0.273. The standard InChI is InChI=1S/C11H10ClF3N2O4/c12-6-1-5(11(13,14)15)2-7(3-6)16-10(21)17-8(4-18)9(19)20/h1-3,8,18H,4H2,(H,19,20)(H2,16,17,21). The third-order valence-electron chi connectivity index (χ3n) is 2.27. The zero-order valence-electron chi connectivity index (χ0n) is 10.2. The average molecular weight is 327 g/mol. The van der Waals surface area contributed by atoms with Gasteiger partial charge in [-0.2, -0.15) is 13.2 Å². The predicted octanol–water partition coefficient (Wildman–Crippen LogP) is 1.93. The second-order valence-corrected chi connectivity index (χ2v) is 4.33. The van der Waals surface area contributed by atoms with Crippen molar-refractivity contribution in [1.29, 1.82) is 0 Å². The van der Waals surface area contributed by atoms with Crippen molar-refractivity contribution in [3.8, 4) is 0 Å². The summed E-state index contributed by atoms with van der Waals surface area (Å²) in [5.41, 5.74) is -1.34. The largest absolute Gasteiger partial charge is 0.480 e. The zero-order chi connectivity index (χ0) is 16.2. The van der Waals surface area contributed by atoms with Gasteiger partial charge in [0.2, 0.25) is 0 Å². The highest BCUT2D eigenvalue weighted by atomic mass is 35.5. The number of carbonyl (C=O) groups is 2. The van der Waals surface area contributed by atoms with E-state index in [1.54, 1.807) is 0 Å². The molecule has 0 bridgehead atoms. The van der Waals surface area contributed by atoms with Gasteiger partial charge in [0, 0.05) is 10.7 Å². The van der Waals surface area contributed by atoms with Gasteiger partial charge >= 0.3 is 18.2 Å². The van der Waals surface area contributed by atoms with Crippen LogP contribution in [0, 0.1) is 0 Å². The maximum Gasteiger partial charge on any atom is 0.416 e. The molecule has 0 fully saturated rings. The minimum absolute atomic E-state index is 0.253. The smallest absolute Gasteiger partial charge is 0.416 e. The number of anilines is 1. The van der Waals surface area contributed by atoms with Crippen LogP contribution >= 0.6 is 11.6 Å². The number of carbonyl (C=O) groups excluding carboxylic acids is 1. The zero-order valence-corrected chi connectivity index (χ0v) is 11.0. The number of benzene rings is 1. The van der Waals surface area contributed by atoms with Crippen LogP contribution in [0.4, 0.5) is 23.7 Å². The number of aliphatic hydroxyl groups is 1. The van der Waals surface area contributed by atoms with Crippen molar-refractivity contribution in [2.45, 2.75) is 12.2 Å². The number of aliphatic carboxylic acids is 1. The lowest BCUT2D eigenvalue weighted by Gasteiger charge is -2.14. The summed E-state index contributed by atoms with van der Waals surface area (Å²) < 4.78 is 37.7. The van der Waals surface area contributed by atoms with Crippen LogP contribution in [-0.4, -0.2) is 34.9 Å². The van der Waals surface area contributed by atoms with Crippen LogP contribution in [0.2, 0.25) is 5.02 Å². The minimum Gasteiger partial charge on any atom is -0.480 e. The molecule has 0 aromatic heterocycles. The van der Waals surface area contributed by atoms with Crippen molar-refractivity contribution in [2.75, 3.05) is 11.9 Å². The Balaban J connectivity index is 2.86. The second-order valence-electron chi connectivity index (χ2n) is 3.90. The van der Waals surface area contributed by atoms with Crippen molar-refractivity contribution < 1.29 is 33.0 Å². The van der Waals surface area contributed by atoms with Gasteiger partial charge in [0.05, 0.1) is 12.2 Å². The van der Waals surface area contributed by atoms with Crippen molar-refractivity contribution in [3.63, 3.8) is 0 Å². The van der Waals surface area contributed by atoms with E-state index in [1.165, 1.54) is 0 Å². The molecule has 1 rings (SSSR count). The van der Waals surface area contributed by atoms with Crippen molar-refractivity contribution in [2.24, 2.45) is 0 Å². The number of carboxylic acid groups (broad SMARTS) is 1. The highest BCUT2D eigenvalue weighted by molar-refractivity contribution is 6.31. The Bertz CT molecular complexity index is 551. The van der Waals surface area contributed by atoms with Gasteiger partial charge in [0.1, 0.15) is 0 Å². The lowest BCUT2D eigenvalue weighted by Crippen LogP contribution is -2.45. The van der Waals surface area contributed by atoms with Gasteiger partial charge in [-0.15, -0.1) is 0 Å². The summed E-state index contributed by atoms with van der Waals surface area (Å²) in [6.07, 6.45) is -4.65. The van der Waals surface area contributed by atoms with E-state index >= 15 is 0 Å². The molecule has 0 saturated carbocycles. The molecule has 6 nitrogen and oxygen atoms in total. The normalized spacial score (nSPS) is 12.6. The first kappa shape index (κ1) is 17.1. The molecular weight excluding hydrogens is 317 g/mol. The molecule has 0 saturated heterocycles. The molecule has 116 valence electrons. The van der Waals surface area contributed by atoms with Gasteiger partial charge in [-0.05, 0) is 18.2 Å². The van der Waals surface area contributed by atoms with E-state index in [1.807, 2.05) is 10.6 Å². The fourth-order valence-electron chi connectivity index (χ4n) is 1.34. The number of alkyl halides is 3. The Labute approximate surface area is 121 Å². The quantitative estimate of drug-likeness (QED) is 0.679. The molecule has 0 spiro atoms. The number of aliphatic hydroxyl groups excluding tert-OH is 1. The van der Waals surface area contributed by atoms with E-state index in [0.29, 0.717) is 12.1 Å². The monoisotopic (exact) mass is 326 g/mol. The Morgan fingerprint density at radius 3 is 2.38 bits per heavy atom. The molecule has 0 aliphatic carbocycles. The van der Waals surface area contributed by atoms with Crippen LogP contribution in [0.25, 0.3) is 0 Å². The number of carboxylic acids is 1. The number of urea groups is 1. The minimum atomic E-state index is -4.65. The molecule has 2 amide bonds. The summed E-state index contributed by atoms with van der Waals surface area (Å²) in [5, 5.41) is 20.9. The summed E-state index contributed by atoms with van der Waals surface area (Å²) in [6.45, 7) is -0.869. The summed E-state index contributed by atoms with van der Waals surface area (Å²) >= 11 is 5.52. The van der Waals surface area contributed by atoms with Crippen LogP contribution in [0.3, 0.4) is 0 Å². The highest BCUT2D eigenvalue weighted by Crippen LogP contribution is 2.33. The highest BCUT2D eigenvalue weighted by Gasteiger charge is 2.31. The molecule has 1 aromatic rings. The van der Waals surface area contributed by atoms with Gasteiger partial charge in [-0.25, -0.2) is 9.59 Å². The van der Waals surface area contributed by atoms with E-state index in [4.69, 9.17) is 21.8 Å². The lowest BCUT2D eigenvalue weighted by atomic mass is 10.2. The van der Waals surface area contributed by atoms with Crippen molar-refractivity contribution in [3.05, 3.63) is 28.8 Å². The van der Waals surface area contributed by atoms with Crippen LogP contribution < -0.4 is 10.6 Å². The molecule has 1 aromatic carbocycles. The van der Waals surface area contributed by atoms with E-state index in [2.05, 4.69) is 0 Å². The van der Waals surface area contributed by atoms with Crippen LogP contribution in [0.1, 0.15) is 5.56 Å². The molecule has 1 atom stereocenters. The van der Waals surface area contributed by atoms with E-state index in [-0.39, 0.29) is 10.7 Å². The van der Waals surface area contributed by atoms with Crippen molar-refractivity contribution in [1.82, 2.24) is 5.32 Å². The molecule has 1 unspecified atom stereocenters. The summed E-state index contributed by atoms with van der Waals surface area (Å²) in [4.78, 5) is 22.0. The summed E-state index contributed by atoms with van der Waals surface area (Å²) in [5.74, 6) is -1.49. The number of hydrogen-bond acceptors (Lipinski definition) is 3. The second kappa shape index (κ2) is 6.64. The first-order valence-electron chi connectivity index (χ1n) is 5.42. The Kier molecular flexibility index (Phi) is 5.39. The number of hydrogen-bond donors (Lipinski definition) is 4. The molecule has 10 heteroatoms. The van der Waals surface area contributed by atoms with E-state index in [0.717, 1.165) is 6.07 Å². The first-order valence-corrected chi connectivity index (χ1v) is 5.80. The fourth-order valence-corrected chi connectivity index (χ4v) is 1.57. The first-order chi connectivity index (χ1) is 9.63. The third kappa shape index (κ3) is 5.12. The van der Waals surface area contributed by atoms with Gasteiger partial charge < -0.3 is 20.8 Å². The van der Waals surface area contributed by atoms with Crippen LogP contribution in [-0.2, 0) is 11.0 Å². The molecule has 0 heterocycles.